The quantitative estimate of drug-likeness (QED) is 0.485. The van der Waals surface area contributed by atoms with E-state index in [9.17, 15) is 5.11 Å². The van der Waals surface area contributed by atoms with Gasteiger partial charge in [-0.1, -0.05) is 24.0 Å². The van der Waals surface area contributed by atoms with Gasteiger partial charge in [0.25, 0.3) is 0 Å². The molecular formula is C29H33FN2O2. The molecule has 0 saturated carbocycles. The molecule has 34 heavy (non-hydrogen) atoms. The van der Waals surface area contributed by atoms with Crippen LogP contribution in [-0.4, -0.2) is 48.3 Å². The molecule has 0 amide bonds. The average Bonchev–Trinajstić information content (AvgIpc) is 2.87. The monoisotopic (exact) mass is 460 g/mol. The molecule has 5 heteroatoms. The normalized spacial score (nSPS) is 19.4. The lowest BCUT2D eigenvalue weighted by atomic mass is 9.81. The first-order valence-electron chi connectivity index (χ1n) is 12.0. The zero-order valence-electron chi connectivity index (χ0n) is 20.0. The van der Waals surface area contributed by atoms with Gasteiger partial charge in [0.15, 0.2) is 0 Å². The van der Waals surface area contributed by atoms with Crippen molar-refractivity contribution in [3.63, 3.8) is 0 Å². The number of likely N-dealkylation sites (tertiary alicyclic amines) is 1. The zero-order valence-corrected chi connectivity index (χ0v) is 20.0. The lowest BCUT2D eigenvalue weighted by Crippen LogP contribution is -2.42. The summed E-state index contributed by atoms with van der Waals surface area (Å²) in [6.45, 7) is 4.61. The minimum Gasteiger partial charge on any atom is -0.497 e. The van der Waals surface area contributed by atoms with Crippen molar-refractivity contribution in [2.45, 2.75) is 32.4 Å². The number of aliphatic hydroxyl groups is 1. The number of alkyl halides is 1. The molecule has 2 heterocycles. The highest BCUT2D eigenvalue weighted by atomic mass is 19.1. The second kappa shape index (κ2) is 11.5. The number of aryl methyl sites for hydroxylation is 1. The Labute approximate surface area is 201 Å². The summed E-state index contributed by atoms with van der Waals surface area (Å²) in [5.41, 5.74) is 3.67. The Morgan fingerprint density at radius 2 is 2.09 bits per heavy atom. The highest BCUT2D eigenvalue weighted by Gasteiger charge is 2.29. The van der Waals surface area contributed by atoms with E-state index in [-0.39, 0.29) is 12.5 Å². The number of benzene rings is 2. The summed E-state index contributed by atoms with van der Waals surface area (Å²) in [6.07, 6.45) is 2.74. The minimum atomic E-state index is -1.07. The van der Waals surface area contributed by atoms with E-state index in [0.717, 1.165) is 42.4 Å². The second-order valence-electron chi connectivity index (χ2n) is 9.23. The number of aromatic nitrogens is 1. The van der Waals surface area contributed by atoms with Crippen molar-refractivity contribution in [2.24, 2.45) is 11.8 Å². The molecular weight excluding hydrogens is 427 g/mol. The Morgan fingerprint density at radius 3 is 2.88 bits per heavy atom. The molecule has 0 spiro atoms. The Bertz CT molecular complexity index is 1170. The summed E-state index contributed by atoms with van der Waals surface area (Å²) in [6, 6.07) is 15.5. The van der Waals surface area contributed by atoms with Crippen LogP contribution in [0.3, 0.4) is 0 Å². The van der Waals surface area contributed by atoms with Crippen LogP contribution in [0.5, 0.6) is 5.75 Å². The molecule has 0 aliphatic carbocycles. The molecule has 3 atom stereocenters. The third-order valence-corrected chi connectivity index (χ3v) is 6.87. The molecule has 3 aromatic rings. The van der Waals surface area contributed by atoms with Crippen molar-refractivity contribution in [2.75, 3.05) is 33.4 Å². The SMILES string of the molecule is COc1ccc2nccc(C(F)CC[C@@H]3CCN(CC#Cc4cccc(C)c4)C[C@@H]3CO)c2c1. The van der Waals surface area contributed by atoms with Crippen molar-refractivity contribution in [3.05, 3.63) is 71.4 Å². The topological polar surface area (TPSA) is 45.6 Å². The molecule has 1 aliphatic rings. The maximum Gasteiger partial charge on any atom is 0.126 e. The largest absolute Gasteiger partial charge is 0.497 e. The van der Waals surface area contributed by atoms with E-state index >= 15 is 4.39 Å². The van der Waals surface area contributed by atoms with E-state index in [4.69, 9.17) is 4.74 Å². The van der Waals surface area contributed by atoms with Crippen molar-refractivity contribution < 1.29 is 14.2 Å². The van der Waals surface area contributed by atoms with Gasteiger partial charge in [-0.15, -0.1) is 0 Å². The molecule has 1 aromatic heterocycles. The molecule has 0 radical (unpaired) electrons. The summed E-state index contributed by atoms with van der Waals surface area (Å²) >= 11 is 0. The van der Waals surface area contributed by atoms with E-state index in [1.807, 2.05) is 30.3 Å². The van der Waals surface area contributed by atoms with Gasteiger partial charge in [0.2, 0.25) is 0 Å². The van der Waals surface area contributed by atoms with Gasteiger partial charge >= 0.3 is 0 Å². The lowest BCUT2D eigenvalue weighted by Gasteiger charge is -2.37. The third kappa shape index (κ3) is 5.94. The molecule has 178 valence electrons. The molecule has 2 aromatic carbocycles. The van der Waals surface area contributed by atoms with E-state index in [2.05, 4.69) is 40.8 Å². The Balaban J connectivity index is 1.34. The van der Waals surface area contributed by atoms with Crippen LogP contribution in [-0.2, 0) is 0 Å². The number of nitrogens with zero attached hydrogens (tertiary/aromatic N) is 2. The fourth-order valence-corrected chi connectivity index (χ4v) is 4.93. The van der Waals surface area contributed by atoms with Crippen molar-refractivity contribution in [1.82, 2.24) is 9.88 Å². The van der Waals surface area contributed by atoms with Gasteiger partial charge in [-0.25, -0.2) is 4.39 Å². The van der Waals surface area contributed by atoms with Crippen LogP contribution in [0.4, 0.5) is 4.39 Å². The fraction of sp³-hybridized carbons (Fsp3) is 0.414. The van der Waals surface area contributed by atoms with Gasteiger partial charge in [-0.3, -0.25) is 9.88 Å². The third-order valence-electron chi connectivity index (χ3n) is 6.87. The molecule has 0 bridgehead atoms. The number of hydrogen-bond acceptors (Lipinski definition) is 4. The number of fused-ring (bicyclic) bond motifs is 1. The first kappa shape index (κ1) is 24.2. The molecule has 4 rings (SSSR count). The number of methoxy groups -OCH3 is 1. The fourth-order valence-electron chi connectivity index (χ4n) is 4.93. The van der Waals surface area contributed by atoms with Crippen LogP contribution < -0.4 is 4.74 Å². The number of hydrogen-bond donors (Lipinski definition) is 1. The van der Waals surface area contributed by atoms with Gasteiger partial charge in [-0.2, -0.15) is 0 Å². The molecule has 1 fully saturated rings. The predicted octanol–water partition coefficient (Wildman–Crippen LogP) is 5.32. The first-order valence-corrected chi connectivity index (χ1v) is 12.0. The average molecular weight is 461 g/mol. The molecule has 4 nitrogen and oxygen atoms in total. The molecule has 1 unspecified atom stereocenters. The standard InChI is InChI=1S/C29H33FN2O2/c1-21-5-3-6-22(17-21)7-4-15-32-16-13-23(24(19-32)20-33)8-10-28(30)26-12-14-31-29-11-9-25(34-2)18-27(26)29/h3,5-6,9,11-12,14,17-18,23-24,28,33H,8,10,13,15-16,19-20H2,1-2H3/t23-,24-,28?/m1/s1. The van der Waals surface area contributed by atoms with Gasteiger partial charge < -0.3 is 9.84 Å². The van der Waals surface area contributed by atoms with Gasteiger partial charge in [0, 0.05) is 30.3 Å². The number of rotatable bonds is 7. The van der Waals surface area contributed by atoms with Crippen LogP contribution in [0, 0.1) is 30.6 Å². The van der Waals surface area contributed by atoms with Gasteiger partial charge in [0.05, 0.1) is 19.2 Å². The number of piperidine rings is 1. The van der Waals surface area contributed by atoms with Crippen LogP contribution in [0.25, 0.3) is 10.9 Å². The lowest BCUT2D eigenvalue weighted by molar-refractivity contribution is 0.0708. The highest BCUT2D eigenvalue weighted by Crippen LogP contribution is 2.35. The Morgan fingerprint density at radius 1 is 1.21 bits per heavy atom. The number of halogens is 1. The summed E-state index contributed by atoms with van der Waals surface area (Å²) in [5, 5.41) is 10.8. The van der Waals surface area contributed by atoms with Crippen LogP contribution in [0.15, 0.2) is 54.7 Å². The van der Waals surface area contributed by atoms with Crippen LogP contribution in [0.2, 0.25) is 0 Å². The minimum absolute atomic E-state index is 0.124. The maximum absolute atomic E-state index is 15.4. The van der Waals surface area contributed by atoms with Crippen molar-refractivity contribution in [1.29, 1.82) is 0 Å². The van der Waals surface area contributed by atoms with E-state index < -0.39 is 6.17 Å². The number of aliphatic hydroxyl groups excluding tert-OH is 1. The zero-order chi connectivity index (χ0) is 23.9. The predicted molar refractivity (Wildman–Crippen MR) is 135 cm³/mol. The highest BCUT2D eigenvalue weighted by molar-refractivity contribution is 5.83. The molecule has 1 aliphatic heterocycles. The van der Waals surface area contributed by atoms with Gasteiger partial charge in [0.1, 0.15) is 11.9 Å². The van der Waals surface area contributed by atoms with Gasteiger partial charge in [-0.05, 0) is 92.1 Å². The second-order valence-corrected chi connectivity index (χ2v) is 9.23. The maximum atomic E-state index is 15.4. The summed E-state index contributed by atoms with van der Waals surface area (Å²) in [7, 11) is 1.61. The molecule has 1 saturated heterocycles. The summed E-state index contributed by atoms with van der Waals surface area (Å²) < 4.78 is 20.7. The van der Waals surface area contributed by atoms with Crippen molar-refractivity contribution >= 4 is 10.9 Å². The molecule has 1 N–H and O–H groups in total. The Hall–Kier alpha value is -2.94. The van der Waals surface area contributed by atoms with Crippen LogP contribution in [0.1, 0.15) is 42.1 Å². The number of pyridine rings is 1. The van der Waals surface area contributed by atoms with Crippen molar-refractivity contribution in [3.8, 4) is 17.6 Å². The number of ether oxygens (including phenoxy) is 1. The summed E-state index contributed by atoms with van der Waals surface area (Å²) in [5.74, 6) is 7.68. The first-order chi connectivity index (χ1) is 16.6. The van der Waals surface area contributed by atoms with Crippen LogP contribution >= 0.6 is 0 Å². The summed E-state index contributed by atoms with van der Waals surface area (Å²) in [4.78, 5) is 6.66. The van der Waals surface area contributed by atoms with E-state index in [1.165, 1.54) is 5.56 Å². The smallest absolute Gasteiger partial charge is 0.126 e. The Kier molecular flexibility index (Phi) is 8.16. The van der Waals surface area contributed by atoms with E-state index in [0.29, 0.717) is 30.2 Å². The van der Waals surface area contributed by atoms with E-state index in [1.54, 1.807) is 19.4 Å².